The highest BCUT2D eigenvalue weighted by Crippen LogP contribution is 2.38. The van der Waals surface area contributed by atoms with Gasteiger partial charge in [0.1, 0.15) is 23.9 Å². The summed E-state index contributed by atoms with van der Waals surface area (Å²) in [4.78, 5) is 15.3. The average molecular weight is 602 g/mol. The third-order valence-electron chi connectivity index (χ3n) is 5.49. The molecule has 0 spiro atoms. The Bertz CT molecular complexity index is 1170. The van der Waals surface area contributed by atoms with Crippen molar-refractivity contribution in [2.75, 3.05) is 24.5 Å². The Morgan fingerprint density at radius 3 is 2.03 bits per heavy atom. The van der Waals surface area contributed by atoms with Gasteiger partial charge in [-0.05, 0) is 29.8 Å². The molecule has 1 aliphatic rings. The minimum Gasteiger partial charge on any atom is -0.445 e. The molecule has 1 heterocycles. The Morgan fingerprint density at radius 2 is 1.44 bits per heavy atom. The predicted molar refractivity (Wildman–Crippen MR) is 126 cm³/mol. The molecule has 1 aliphatic heterocycles. The van der Waals surface area contributed by atoms with E-state index in [0.717, 1.165) is 29.8 Å². The second kappa shape index (κ2) is 10.4. The number of nitrogens with zero attached hydrogens (tertiary/aromatic N) is 2. The fourth-order valence-electron chi connectivity index (χ4n) is 3.95. The highest BCUT2D eigenvalue weighted by Gasteiger charge is 2.37. The fourth-order valence-corrected chi connectivity index (χ4v) is 4.76. The van der Waals surface area contributed by atoms with E-state index in [4.69, 9.17) is 4.74 Å². The third-order valence-corrected chi connectivity index (χ3v) is 6.41. The number of rotatable bonds is 4. The minimum absolute atomic E-state index is 0.0154. The summed E-state index contributed by atoms with van der Waals surface area (Å²) in [7, 11) is 0. The average Bonchev–Trinajstić information content (AvgIpc) is 2.77. The van der Waals surface area contributed by atoms with Gasteiger partial charge in [0.05, 0.1) is 6.04 Å². The van der Waals surface area contributed by atoms with Gasteiger partial charge in [-0.3, -0.25) is 0 Å². The summed E-state index contributed by atoms with van der Waals surface area (Å²) in [5.41, 5.74) is -0.0484. The van der Waals surface area contributed by atoms with Gasteiger partial charge in [-0.1, -0.05) is 62.2 Å². The van der Waals surface area contributed by atoms with Crippen LogP contribution in [-0.2, 0) is 11.3 Å². The van der Waals surface area contributed by atoms with E-state index in [9.17, 15) is 22.4 Å². The number of benzene rings is 3. The van der Waals surface area contributed by atoms with E-state index in [1.807, 2.05) is 6.07 Å². The molecular weight excluding hydrogens is 584 g/mol. The van der Waals surface area contributed by atoms with Gasteiger partial charge in [0.15, 0.2) is 11.6 Å². The van der Waals surface area contributed by atoms with Crippen LogP contribution in [0.1, 0.15) is 17.2 Å². The number of hydrogen-bond donors (Lipinski definition) is 0. The van der Waals surface area contributed by atoms with Gasteiger partial charge in [0.25, 0.3) is 0 Å². The fraction of sp³-hybridized carbons (Fsp3) is 0.208. The second-order valence-corrected chi connectivity index (χ2v) is 9.53. The first kappa shape index (κ1) is 24.5. The monoisotopic (exact) mass is 600 g/mol. The first-order valence-corrected chi connectivity index (χ1v) is 11.8. The van der Waals surface area contributed by atoms with Crippen molar-refractivity contribution in [1.82, 2.24) is 4.90 Å². The lowest BCUT2D eigenvalue weighted by Gasteiger charge is -2.42. The van der Waals surface area contributed by atoms with Crippen LogP contribution in [0.25, 0.3) is 0 Å². The molecule has 0 radical (unpaired) electrons. The maximum atomic E-state index is 14.9. The molecule has 0 saturated carbocycles. The van der Waals surface area contributed by atoms with Crippen LogP contribution in [0, 0.1) is 23.3 Å². The van der Waals surface area contributed by atoms with Crippen LogP contribution >= 0.6 is 31.9 Å². The summed E-state index contributed by atoms with van der Waals surface area (Å²) in [6.07, 6.45) is -0.691. The summed E-state index contributed by atoms with van der Waals surface area (Å²) in [5.74, 6) is -3.59. The first-order valence-electron chi connectivity index (χ1n) is 10.3. The Labute approximate surface area is 210 Å². The summed E-state index contributed by atoms with van der Waals surface area (Å²) in [6.45, 7) is -0.256. The zero-order valence-electron chi connectivity index (χ0n) is 17.6. The van der Waals surface area contributed by atoms with Crippen LogP contribution in [0.15, 0.2) is 63.5 Å². The maximum Gasteiger partial charge on any atom is 0.410 e. The largest absolute Gasteiger partial charge is 0.445 e. The lowest BCUT2D eigenvalue weighted by molar-refractivity contribution is 0.0883. The highest BCUT2D eigenvalue weighted by molar-refractivity contribution is 9.10. The van der Waals surface area contributed by atoms with E-state index in [1.165, 1.54) is 9.80 Å². The highest BCUT2D eigenvalue weighted by atomic mass is 79.9. The van der Waals surface area contributed by atoms with Crippen LogP contribution in [0.2, 0.25) is 0 Å². The van der Waals surface area contributed by atoms with Crippen molar-refractivity contribution in [1.29, 1.82) is 0 Å². The standard InChI is InChI=1S/C24H18Br2F4N2O2/c25-15-8-17(27)22(18(28)9-15)21-12-31(24(33)34-13-14-4-2-1-3-5-14)6-7-32(21)23-19(29)10-16(26)11-20(23)30/h1-5,8-11,21H,6-7,12-13H2. The van der Waals surface area contributed by atoms with Crippen molar-refractivity contribution < 1.29 is 27.1 Å². The molecule has 34 heavy (non-hydrogen) atoms. The molecule has 10 heteroatoms. The number of halogens is 6. The first-order chi connectivity index (χ1) is 16.2. The zero-order chi connectivity index (χ0) is 24.4. The van der Waals surface area contributed by atoms with Crippen molar-refractivity contribution >= 4 is 43.6 Å². The summed E-state index contributed by atoms with van der Waals surface area (Å²) >= 11 is 6.07. The number of carbonyl (C=O) groups is 1. The van der Waals surface area contributed by atoms with Gasteiger partial charge in [0.2, 0.25) is 0 Å². The smallest absolute Gasteiger partial charge is 0.410 e. The van der Waals surface area contributed by atoms with E-state index in [1.54, 1.807) is 24.3 Å². The Morgan fingerprint density at radius 1 is 0.882 bits per heavy atom. The Hall–Kier alpha value is -2.59. The third kappa shape index (κ3) is 5.22. The molecule has 1 atom stereocenters. The van der Waals surface area contributed by atoms with Gasteiger partial charge in [-0.25, -0.2) is 22.4 Å². The van der Waals surface area contributed by atoms with Crippen LogP contribution in [0.4, 0.5) is 28.0 Å². The lowest BCUT2D eigenvalue weighted by atomic mass is 10.00. The van der Waals surface area contributed by atoms with E-state index in [-0.39, 0.29) is 35.2 Å². The van der Waals surface area contributed by atoms with Gasteiger partial charge < -0.3 is 14.5 Å². The van der Waals surface area contributed by atoms with Crippen LogP contribution in [0.5, 0.6) is 0 Å². The number of anilines is 1. The number of piperazine rings is 1. The normalized spacial score (nSPS) is 16.0. The lowest BCUT2D eigenvalue weighted by Crippen LogP contribution is -2.51. The minimum atomic E-state index is -1.20. The molecule has 1 amide bonds. The molecule has 1 unspecified atom stereocenters. The van der Waals surface area contributed by atoms with Crippen molar-refractivity contribution in [2.24, 2.45) is 0 Å². The number of amides is 1. The van der Waals surface area contributed by atoms with E-state index >= 15 is 0 Å². The summed E-state index contributed by atoms with van der Waals surface area (Å²) in [6, 6.07) is 12.1. The molecule has 3 aromatic carbocycles. The summed E-state index contributed by atoms with van der Waals surface area (Å²) < 4.78 is 65.2. The number of carbonyl (C=O) groups excluding carboxylic acids is 1. The van der Waals surface area contributed by atoms with E-state index in [2.05, 4.69) is 31.9 Å². The zero-order valence-corrected chi connectivity index (χ0v) is 20.8. The summed E-state index contributed by atoms with van der Waals surface area (Å²) in [5, 5.41) is 0. The molecule has 3 aromatic rings. The molecule has 0 N–H and O–H groups in total. The molecule has 1 fully saturated rings. The molecule has 4 nitrogen and oxygen atoms in total. The molecule has 4 rings (SSSR count). The van der Waals surface area contributed by atoms with Gasteiger partial charge in [0, 0.05) is 34.1 Å². The van der Waals surface area contributed by atoms with Crippen molar-refractivity contribution in [3.63, 3.8) is 0 Å². The van der Waals surface area contributed by atoms with Gasteiger partial charge in [-0.15, -0.1) is 0 Å². The number of hydrogen-bond acceptors (Lipinski definition) is 3. The molecule has 0 aromatic heterocycles. The molecule has 0 aliphatic carbocycles. The van der Waals surface area contributed by atoms with E-state index in [0.29, 0.717) is 0 Å². The second-order valence-electron chi connectivity index (χ2n) is 7.70. The van der Waals surface area contributed by atoms with Gasteiger partial charge >= 0.3 is 6.09 Å². The quantitative estimate of drug-likeness (QED) is 0.303. The van der Waals surface area contributed by atoms with Crippen LogP contribution in [-0.4, -0.2) is 30.6 Å². The number of ether oxygens (including phenoxy) is 1. The van der Waals surface area contributed by atoms with Crippen molar-refractivity contribution in [3.05, 3.63) is 97.9 Å². The van der Waals surface area contributed by atoms with E-state index < -0.39 is 46.7 Å². The molecule has 1 saturated heterocycles. The Balaban J connectivity index is 1.66. The SMILES string of the molecule is O=C(OCc1ccccc1)N1CCN(c2c(F)cc(Br)cc2F)C(c2c(F)cc(Br)cc2F)C1. The topological polar surface area (TPSA) is 32.8 Å². The van der Waals surface area contributed by atoms with Crippen molar-refractivity contribution in [3.8, 4) is 0 Å². The molecule has 178 valence electrons. The van der Waals surface area contributed by atoms with Gasteiger partial charge in [-0.2, -0.15) is 0 Å². The molecule has 0 bridgehead atoms. The van der Waals surface area contributed by atoms with Crippen molar-refractivity contribution in [2.45, 2.75) is 12.6 Å². The Kier molecular flexibility index (Phi) is 7.47. The molecular formula is C24H18Br2F4N2O2. The van der Waals surface area contributed by atoms with Crippen LogP contribution < -0.4 is 4.90 Å². The maximum absolute atomic E-state index is 14.9. The van der Waals surface area contributed by atoms with Crippen LogP contribution in [0.3, 0.4) is 0 Å². The predicted octanol–water partition coefficient (Wildman–Crippen LogP) is 6.97.